The maximum Gasteiger partial charge on any atom is 0.243 e. The number of piperidine rings is 1. The SMILES string of the molecule is CCNC(=NCC1CCN(S(=O)(=O)c2ccccc2)CC1)NCC. The fraction of sp³-hybridized carbons (Fsp3) is 0.588. The van der Waals surface area contributed by atoms with Crippen molar-refractivity contribution in [3.8, 4) is 0 Å². The van der Waals surface area contributed by atoms with E-state index in [1.165, 1.54) is 0 Å². The van der Waals surface area contributed by atoms with Gasteiger partial charge in [-0.3, -0.25) is 4.99 Å². The van der Waals surface area contributed by atoms with E-state index in [2.05, 4.69) is 15.6 Å². The first-order valence-corrected chi connectivity index (χ1v) is 10.1. The molecular formula is C17H28N4O2S. The Morgan fingerprint density at radius 2 is 1.71 bits per heavy atom. The van der Waals surface area contributed by atoms with E-state index >= 15 is 0 Å². The van der Waals surface area contributed by atoms with Crippen LogP contribution >= 0.6 is 0 Å². The van der Waals surface area contributed by atoms with Crippen molar-refractivity contribution in [3.05, 3.63) is 30.3 Å². The fourth-order valence-electron chi connectivity index (χ4n) is 2.80. The highest BCUT2D eigenvalue weighted by atomic mass is 32.2. The molecule has 0 atom stereocenters. The van der Waals surface area contributed by atoms with Gasteiger partial charge in [0.25, 0.3) is 0 Å². The van der Waals surface area contributed by atoms with E-state index in [0.29, 0.717) is 23.9 Å². The maximum absolute atomic E-state index is 12.6. The summed E-state index contributed by atoms with van der Waals surface area (Å²) in [4.78, 5) is 4.98. The molecule has 0 bridgehead atoms. The Hall–Kier alpha value is -1.60. The Kier molecular flexibility index (Phi) is 7.05. The first-order chi connectivity index (χ1) is 11.6. The van der Waals surface area contributed by atoms with Crippen molar-refractivity contribution in [3.63, 3.8) is 0 Å². The number of rotatable bonds is 6. The third-order valence-electron chi connectivity index (χ3n) is 4.15. The Morgan fingerprint density at radius 3 is 2.25 bits per heavy atom. The number of guanidine groups is 1. The highest BCUT2D eigenvalue weighted by Gasteiger charge is 2.29. The van der Waals surface area contributed by atoms with Crippen LogP contribution in [0.15, 0.2) is 40.2 Å². The van der Waals surface area contributed by atoms with Crippen LogP contribution in [0, 0.1) is 5.92 Å². The van der Waals surface area contributed by atoms with Crippen LogP contribution < -0.4 is 10.6 Å². The molecule has 0 spiro atoms. The van der Waals surface area contributed by atoms with Crippen LogP contribution in [-0.4, -0.2) is 51.4 Å². The average Bonchev–Trinajstić information content (AvgIpc) is 2.61. The number of nitrogens with zero attached hydrogens (tertiary/aromatic N) is 2. The van der Waals surface area contributed by atoms with Crippen LogP contribution in [0.1, 0.15) is 26.7 Å². The molecule has 0 saturated carbocycles. The van der Waals surface area contributed by atoms with E-state index < -0.39 is 10.0 Å². The fourth-order valence-corrected chi connectivity index (χ4v) is 4.29. The monoisotopic (exact) mass is 352 g/mol. The Morgan fingerprint density at radius 1 is 1.12 bits per heavy atom. The summed E-state index contributed by atoms with van der Waals surface area (Å²) in [5, 5.41) is 6.42. The van der Waals surface area contributed by atoms with Crippen LogP contribution in [0.5, 0.6) is 0 Å². The van der Waals surface area contributed by atoms with Gasteiger partial charge in [0.05, 0.1) is 4.90 Å². The molecule has 1 saturated heterocycles. The van der Waals surface area contributed by atoms with Crippen molar-refractivity contribution in [2.45, 2.75) is 31.6 Å². The normalized spacial score (nSPS) is 16.6. The summed E-state index contributed by atoms with van der Waals surface area (Å²) in [6.45, 7) is 7.61. The first kappa shape index (κ1) is 18.7. The number of hydrogen-bond acceptors (Lipinski definition) is 3. The largest absolute Gasteiger partial charge is 0.357 e. The number of hydrogen-bond donors (Lipinski definition) is 2. The van der Waals surface area contributed by atoms with Gasteiger partial charge >= 0.3 is 0 Å². The quantitative estimate of drug-likeness (QED) is 0.603. The topological polar surface area (TPSA) is 73.8 Å². The molecule has 2 rings (SSSR count). The lowest BCUT2D eigenvalue weighted by atomic mass is 9.98. The average molecular weight is 353 g/mol. The van der Waals surface area contributed by atoms with Crippen molar-refractivity contribution in [2.75, 3.05) is 32.7 Å². The molecule has 1 aliphatic rings. The van der Waals surface area contributed by atoms with Crippen molar-refractivity contribution in [2.24, 2.45) is 10.9 Å². The molecule has 0 radical (unpaired) electrons. The molecule has 0 amide bonds. The van der Waals surface area contributed by atoms with E-state index in [0.717, 1.165) is 38.4 Å². The zero-order valence-electron chi connectivity index (χ0n) is 14.5. The van der Waals surface area contributed by atoms with Gasteiger partial charge in [-0.15, -0.1) is 0 Å². The van der Waals surface area contributed by atoms with Crippen LogP contribution in [0.4, 0.5) is 0 Å². The molecule has 1 aliphatic heterocycles. The van der Waals surface area contributed by atoms with E-state index in [9.17, 15) is 8.42 Å². The summed E-state index contributed by atoms with van der Waals surface area (Å²) in [6, 6.07) is 8.67. The molecule has 7 heteroatoms. The van der Waals surface area contributed by atoms with E-state index in [1.807, 2.05) is 19.9 Å². The van der Waals surface area contributed by atoms with Crippen LogP contribution in [0.25, 0.3) is 0 Å². The molecule has 134 valence electrons. The van der Waals surface area contributed by atoms with E-state index in [4.69, 9.17) is 0 Å². The molecule has 1 aromatic rings. The second kappa shape index (κ2) is 9.03. The highest BCUT2D eigenvalue weighted by molar-refractivity contribution is 7.89. The van der Waals surface area contributed by atoms with Gasteiger partial charge in [0.15, 0.2) is 5.96 Å². The number of sulfonamides is 1. The minimum Gasteiger partial charge on any atom is -0.357 e. The van der Waals surface area contributed by atoms with Gasteiger partial charge in [-0.25, -0.2) is 8.42 Å². The van der Waals surface area contributed by atoms with Crippen molar-refractivity contribution >= 4 is 16.0 Å². The number of nitrogens with one attached hydrogen (secondary N) is 2. The maximum atomic E-state index is 12.6. The lowest BCUT2D eigenvalue weighted by molar-refractivity contribution is 0.278. The Balaban J connectivity index is 1.90. The molecular weight excluding hydrogens is 324 g/mol. The number of benzene rings is 1. The summed E-state index contributed by atoms with van der Waals surface area (Å²) in [5.41, 5.74) is 0. The summed E-state index contributed by atoms with van der Waals surface area (Å²) in [5.74, 6) is 1.26. The van der Waals surface area contributed by atoms with Crippen LogP contribution in [-0.2, 0) is 10.0 Å². The zero-order chi connectivity index (χ0) is 17.4. The molecule has 1 heterocycles. The molecule has 2 N–H and O–H groups in total. The molecule has 0 unspecified atom stereocenters. The molecule has 24 heavy (non-hydrogen) atoms. The predicted octanol–water partition coefficient (Wildman–Crippen LogP) is 1.66. The summed E-state index contributed by atoms with van der Waals surface area (Å²) in [7, 11) is -3.36. The van der Waals surface area contributed by atoms with E-state index in [1.54, 1.807) is 28.6 Å². The van der Waals surface area contributed by atoms with Gasteiger partial charge in [0.1, 0.15) is 0 Å². The van der Waals surface area contributed by atoms with Crippen LogP contribution in [0.3, 0.4) is 0 Å². The van der Waals surface area contributed by atoms with Crippen molar-refractivity contribution < 1.29 is 8.42 Å². The molecule has 1 fully saturated rings. The van der Waals surface area contributed by atoms with Gasteiger partial charge in [-0.05, 0) is 44.7 Å². The van der Waals surface area contributed by atoms with Gasteiger partial charge in [0, 0.05) is 32.7 Å². The second-order valence-corrected chi connectivity index (χ2v) is 7.85. The minimum atomic E-state index is -3.36. The van der Waals surface area contributed by atoms with Gasteiger partial charge in [-0.1, -0.05) is 18.2 Å². The molecule has 6 nitrogen and oxygen atoms in total. The Labute approximate surface area is 145 Å². The predicted molar refractivity (Wildman–Crippen MR) is 97.6 cm³/mol. The second-order valence-electron chi connectivity index (χ2n) is 5.91. The smallest absolute Gasteiger partial charge is 0.243 e. The summed E-state index contributed by atoms with van der Waals surface area (Å²) in [6.07, 6.45) is 1.70. The lowest BCUT2D eigenvalue weighted by Gasteiger charge is -2.30. The van der Waals surface area contributed by atoms with Crippen molar-refractivity contribution in [1.82, 2.24) is 14.9 Å². The minimum absolute atomic E-state index is 0.378. The first-order valence-electron chi connectivity index (χ1n) is 8.65. The molecule has 0 aliphatic carbocycles. The van der Waals surface area contributed by atoms with Crippen molar-refractivity contribution in [1.29, 1.82) is 0 Å². The number of aliphatic imine (C=N–C) groups is 1. The van der Waals surface area contributed by atoms with E-state index in [-0.39, 0.29) is 0 Å². The molecule has 0 aromatic heterocycles. The highest BCUT2D eigenvalue weighted by Crippen LogP contribution is 2.23. The van der Waals surface area contributed by atoms with Gasteiger partial charge in [0.2, 0.25) is 10.0 Å². The third kappa shape index (κ3) is 4.95. The molecule has 1 aromatic carbocycles. The summed E-state index contributed by atoms with van der Waals surface area (Å²) >= 11 is 0. The third-order valence-corrected chi connectivity index (χ3v) is 6.06. The van der Waals surface area contributed by atoms with Gasteiger partial charge in [-0.2, -0.15) is 4.31 Å². The summed E-state index contributed by atoms with van der Waals surface area (Å²) < 4.78 is 26.8. The zero-order valence-corrected chi connectivity index (χ0v) is 15.3. The van der Waals surface area contributed by atoms with Gasteiger partial charge < -0.3 is 10.6 Å². The lowest BCUT2D eigenvalue weighted by Crippen LogP contribution is -2.40. The Bertz CT molecular complexity index is 615. The standard InChI is InChI=1S/C17H28N4O2S/c1-3-18-17(19-4-2)20-14-15-10-12-21(13-11-15)24(22,23)16-8-6-5-7-9-16/h5-9,15H,3-4,10-14H2,1-2H3,(H2,18,19,20). The van der Waals surface area contributed by atoms with Crippen LogP contribution in [0.2, 0.25) is 0 Å².